The fourth-order valence-electron chi connectivity index (χ4n) is 5.15. The molecule has 0 unspecified atom stereocenters. The summed E-state index contributed by atoms with van der Waals surface area (Å²) in [5.74, 6) is 3.37. The third-order valence-electron chi connectivity index (χ3n) is 7.62. The van der Waals surface area contributed by atoms with Gasteiger partial charge in [-0.25, -0.2) is 4.98 Å². The number of nitrogens with one attached hydrogen (secondary N) is 1. The van der Waals surface area contributed by atoms with E-state index in [4.69, 9.17) is 35.1 Å². The Balaban J connectivity index is 1.17. The van der Waals surface area contributed by atoms with Crippen molar-refractivity contribution >= 4 is 38.9 Å². The minimum absolute atomic E-state index is 0.306. The van der Waals surface area contributed by atoms with Crippen molar-refractivity contribution in [2.45, 2.75) is 31.3 Å². The van der Waals surface area contributed by atoms with Crippen LogP contribution in [0.1, 0.15) is 24.2 Å². The molecule has 244 valence electrons. The number of ether oxygens (including phenoxy) is 5. The van der Waals surface area contributed by atoms with Gasteiger partial charge in [-0.1, -0.05) is 21.9 Å². The number of anilines is 1. The van der Waals surface area contributed by atoms with E-state index < -0.39 is 5.41 Å². The fraction of sp³-hybridized carbons (Fsp3) is 0.545. The van der Waals surface area contributed by atoms with E-state index in [0.29, 0.717) is 85.7 Å². The van der Waals surface area contributed by atoms with Crippen LogP contribution in [-0.2, 0) is 47.0 Å². The van der Waals surface area contributed by atoms with Crippen molar-refractivity contribution in [1.29, 1.82) is 0 Å². The molecule has 45 heavy (non-hydrogen) atoms. The van der Waals surface area contributed by atoms with Crippen molar-refractivity contribution in [2.24, 2.45) is 0 Å². The standard InChI is InChI=1S/C33H44BrN5O6/c1-3-11-41-13-15-43-17-19-45-20-18-44-16-14-42-12-5-4-10-39-30-7-6-27(34)21-29(30)37-32(39)23-38(2)31-22-35-9-8-28(31)33(26-40)24-36-25-33/h1,6-9,21-22,26,36H,4-5,10-20,23-25H2,2H3. The van der Waals surface area contributed by atoms with Gasteiger partial charge in [-0.05, 0) is 42.7 Å². The van der Waals surface area contributed by atoms with E-state index in [1.165, 1.54) is 0 Å². The zero-order valence-electron chi connectivity index (χ0n) is 26.0. The van der Waals surface area contributed by atoms with Crippen LogP contribution in [0.15, 0.2) is 41.1 Å². The number of hydrogen-bond donors (Lipinski definition) is 1. The molecule has 3 heterocycles. The number of fused-ring (bicyclic) bond motifs is 1. The van der Waals surface area contributed by atoms with Crippen LogP contribution in [0.3, 0.4) is 0 Å². The number of terminal acetylenes is 1. The first-order chi connectivity index (χ1) is 22.1. The molecule has 4 rings (SSSR count). The average Bonchev–Trinajstić information content (AvgIpc) is 3.35. The lowest BCUT2D eigenvalue weighted by Gasteiger charge is -2.40. The van der Waals surface area contributed by atoms with Crippen LogP contribution < -0.4 is 10.2 Å². The molecule has 1 fully saturated rings. The maximum atomic E-state index is 12.1. The van der Waals surface area contributed by atoms with Gasteiger partial charge < -0.3 is 43.3 Å². The lowest BCUT2D eigenvalue weighted by atomic mass is 9.76. The minimum Gasteiger partial charge on any atom is -0.379 e. The number of aromatic nitrogens is 3. The summed E-state index contributed by atoms with van der Waals surface area (Å²) in [5.41, 5.74) is 3.47. The number of imidazole rings is 1. The van der Waals surface area contributed by atoms with E-state index in [2.05, 4.69) is 47.7 Å². The Morgan fingerprint density at radius 1 is 1.00 bits per heavy atom. The highest BCUT2D eigenvalue weighted by Gasteiger charge is 2.40. The predicted octanol–water partition coefficient (Wildman–Crippen LogP) is 3.37. The minimum atomic E-state index is -0.509. The molecule has 1 aliphatic rings. The summed E-state index contributed by atoms with van der Waals surface area (Å²) in [7, 11) is 2.03. The van der Waals surface area contributed by atoms with Gasteiger partial charge in [-0.2, -0.15) is 0 Å². The number of aryl methyl sites for hydroxylation is 1. The molecule has 0 aliphatic carbocycles. The van der Waals surface area contributed by atoms with Crippen molar-refractivity contribution in [3.8, 4) is 12.3 Å². The molecule has 12 heteroatoms. The van der Waals surface area contributed by atoms with Crippen LogP contribution in [0.25, 0.3) is 11.0 Å². The van der Waals surface area contributed by atoms with Crippen LogP contribution in [0.4, 0.5) is 5.69 Å². The Labute approximate surface area is 274 Å². The molecule has 2 aromatic heterocycles. The third kappa shape index (κ3) is 10.3. The molecule has 0 atom stereocenters. The molecule has 1 aliphatic heterocycles. The lowest BCUT2D eigenvalue weighted by molar-refractivity contribution is -0.114. The summed E-state index contributed by atoms with van der Waals surface area (Å²) >= 11 is 3.58. The second-order valence-electron chi connectivity index (χ2n) is 10.9. The molecule has 1 saturated heterocycles. The Kier molecular flexibility index (Phi) is 14.7. The number of carbonyl (C=O) groups is 1. The highest BCUT2D eigenvalue weighted by atomic mass is 79.9. The van der Waals surface area contributed by atoms with E-state index in [0.717, 1.165) is 58.3 Å². The van der Waals surface area contributed by atoms with Crippen molar-refractivity contribution < 1.29 is 28.5 Å². The lowest BCUT2D eigenvalue weighted by Crippen LogP contribution is -2.58. The predicted molar refractivity (Wildman–Crippen MR) is 177 cm³/mol. The van der Waals surface area contributed by atoms with Gasteiger partial charge in [0.25, 0.3) is 0 Å². The van der Waals surface area contributed by atoms with Gasteiger partial charge >= 0.3 is 0 Å². The molecule has 1 N–H and O–H groups in total. The molecule has 0 saturated carbocycles. The van der Waals surface area contributed by atoms with E-state index in [1.807, 2.05) is 31.4 Å². The SMILES string of the molecule is C#CCOCCOCCOCCOCCOCCCCn1c(CN(C)c2cnccc2C2(C=O)CNC2)nc2cc(Br)ccc21. The molecule has 1 aromatic carbocycles. The first kappa shape index (κ1) is 35.0. The van der Waals surface area contributed by atoms with Crippen molar-refractivity contribution in [1.82, 2.24) is 19.9 Å². The summed E-state index contributed by atoms with van der Waals surface area (Å²) in [6.07, 6.45) is 11.6. The largest absolute Gasteiger partial charge is 0.379 e. The maximum absolute atomic E-state index is 12.1. The van der Waals surface area contributed by atoms with Crippen LogP contribution in [0, 0.1) is 12.3 Å². The Hall–Kier alpha value is -2.89. The van der Waals surface area contributed by atoms with Crippen molar-refractivity contribution in [2.75, 3.05) is 91.1 Å². The number of aldehydes is 1. The first-order valence-electron chi connectivity index (χ1n) is 15.4. The van der Waals surface area contributed by atoms with Crippen LogP contribution >= 0.6 is 15.9 Å². The Morgan fingerprint density at radius 3 is 2.29 bits per heavy atom. The van der Waals surface area contributed by atoms with Crippen LogP contribution in [0.5, 0.6) is 0 Å². The summed E-state index contributed by atoms with van der Waals surface area (Å²) < 4.78 is 30.7. The van der Waals surface area contributed by atoms with Gasteiger partial charge in [0.15, 0.2) is 0 Å². The second kappa shape index (κ2) is 18.9. The Morgan fingerprint density at radius 2 is 1.67 bits per heavy atom. The average molecular weight is 687 g/mol. The smallest absolute Gasteiger partial charge is 0.133 e. The number of halogens is 1. The monoisotopic (exact) mass is 685 g/mol. The number of unbranched alkanes of at least 4 members (excludes halogenated alkanes) is 1. The maximum Gasteiger partial charge on any atom is 0.133 e. The number of carbonyl (C=O) groups excluding carboxylic acids is 1. The molecular weight excluding hydrogens is 642 g/mol. The highest BCUT2D eigenvalue weighted by Crippen LogP contribution is 2.34. The second-order valence-corrected chi connectivity index (χ2v) is 11.8. The molecule has 0 bridgehead atoms. The number of hydrogen-bond acceptors (Lipinski definition) is 10. The molecular formula is C33H44BrN5O6. The third-order valence-corrected chi connectivity index (χ3v) is 8.11. The van der Waals surface area contributed by atoms with Crippen LogP contribution in [0.2, 0.25) is 0 Å². The van der Waals surface area contributed by atoms with Gasteiger partial charge in [0.1, 0.15) is 18.7 Å². The van der Waals surface area contributed by atoms with Crippen LogP contribution in [-0.4, -0.2) is 107 Å². The zero-order valence-corrected chi connectivity index (χ0v) is 27.6. The number of nitrogens with zero attached hydrogens (tertiary/aromatic N) is 4. The van der Waals surface area contributed by atoms with E-state index in [1.54, 1.807) is 6.20 Å². The van der Waals surface area contributed by atoms with Gasteiger partial charge in [-0.3, -0.25) is 4.98 Å². The molecule has 3 aromatic rings. The summed E-state index contributed by atoms with van der Waals surface area (Å²) in [6, 6.07) is 8.16. The normalized spacial score (nSPS) is 13.9. The quantitative estimate of drug-likeness (QED) is 0.0907. The van der Waals surface area contributed by atoms with E-state index >= 15 is 0 Å². The van der Waals surface area contributed by atoms with Gasteiger partial charge in [0.05, 0.1) is 87.7 Å². The number of benzene rings is 1. The van der Waals surface area contributed by atoms with E-state index in [-0.39, 0.29) is 0 Å². The van der Waals surface area contributed by atoms with E-state index in [9.17, 15) is 4.79 Å². The zero-order chi connectivity index (χ0) is 31.7. The molecule has 0 radical (unpaired) electrons. The van der Waals surface area contributed by atoms with Gasteiger partial charge in [-0.15, -0.1) is 6.42 Å². The van der Waals surface area contributed by atoms with Crippen molar-refractivity contribution in [3.63, 3.8) is 0 Å². The number of rotatable bonds is 23. The first-order valence-corrected chi connectivity index (χ1v) is 16.2. The summed E-state index contributed by atoms with van der Waals surface area (Å²) in [6.45, 7) is 7.77. The summed E-state index contributed by atoms with van der Waals surface area (Å²) in [5, 5.41) is 3.24. The number of pyridine rings is 1. The molecule has 0 amide bonds. The Bertz CT molecular complexity index is 1380. The fourth-order valence-corrected chi connectivity index (χ4v) is 5.50. The molecule has 11 nitrogen and oxygen atoms in total. The van der Waals surface area contributed by atoms with Gasteiger partial charge in [0.2, 0.25) is 0 Å². The van der Waals surface area contributed by atoms with Gasteiger partial charge in [0, 0.05) is 44.0 Å². The van der Waals surface area contributed by atoms with Crippen molar-refractivity contribution in [3.05, 3.63) is 52.5 Å². The molecule has 0 spiro atoms. The topological polar surface area (TPSA) is 109 Å². The highest BCUT2D eigenvalue weighted by molar-refractivity contribution is 9.10. The summed E-state index contributed by atoms with van der Waals surface area (Å²) in [4.78, 5) is 23.6.